The van der Waals surface area contributed by atoms with E-state index < -0.39 is 28.8 Å². The Balaban J connectivity index is 2.31. The van der Waals surface area contributed by atoms with Gasteiger partial charge in [0.05, 0.1) is 17.2 Å². The third kappa shape index (κ3) is 3.48. The zero-order chi connectivity index (χ0) is 18.1. The van der Waals surface area contributed by atoms with Gasteiger partial charge in [-0.25, -0.2) is 0 Å². The number of ether oxygens (including phenoxy) is 1. The Morgan fingerprint density at radius 2 is 2.08 bits per heavy atom. The summed E-state index contributed by atoms with van der Waals surface area (Å²) in [6, 6.07) is 4.66. The van der Waals surface area contributed by atoms with E-state index in [1.54, 1.807) is 4.90 Å². The number of carbonyl (C=O) groups is 1. The minimum atomic E-state index is -4.66. The number of likely N-dealkylation sites (tertiary alicyclic amines) is 1. The van der Waals surface area contributed by atoms with Crippen LogP contribution in [0.25, 0.3) is 0 Å². The third-order valence-corrected chi connectivity index (χ3v) is 4.01. The Bertz CT molecular complexity index is 677. The van der Waals surface area contributed by atoms with Crippen molar-refractivity contribution in [2.45, 2.75) is 39.5 Å². The van der Waals surface area contributed by atoms with Crippen LogP contribution in [-0.2, 0) is 11.0 Å². The molecule has 1 heterocycles. The first-order chi connectivity index (χ1) is 11.1. The van der Waals surface area contributed by atoms with Gasteiger partial charge in [0.2, 0.25) is 0 Å². The van der Waals surface area contributed by atoms with Crippen LogP contribution in [0.15, 0.2) is 18.2 Å². The highest BCUT2D eigenvalue weighted by atomic mass is 19.4. The molecule has 1 aliphatic rings. The first kappa shape index (κ1) is 18.1. The van der Waals surface area contributed by atoms with Gasteiger partial charge in [-0.1, -0.05) is 20.8 Å². The second kappa shape index (κ2) is 6.34. The molecule has 0 aliphatic carbocycles. The fourth-order valence-electron chi connectivity index (χ4n) is 2.89. The Morgan fingerprint density at radius 3 is 2.62 bits per heavy atom. The summed E-state index contributed by atoms with van der Waals surface area (Å²) in [5, 5.41) is 8.82. The average Bonchev–Trinajstić information content (AvgIpc) is 2.70. The summed E-state index contributed by atoms with van der Waals surface area (Å²) in [4.78, 5) is 14.1. The topological polar surface area (TPSA) is 53.3 Å². The lowest BCUT2D eigenvalue weighted by Crippen LogP contribution is -2.36. The summed E-state index contributed by atoms with van der Waals surface area (Å²) in [6.45, 7) is 6.72. The second-order valence-electron chi connectivity index (χ2n) is 6.56. The van der Waals surface area contributed by atoms with Crippen molar-refractivity contribution in [2.24, 2.45) is 5.41 Å². The molecule has 2 rings (SSSR count). The van der Waals surface area contributed by atoms with Crippen LogP contribution < -0.4 is 4.74 Å². The fraction of sp³-hybridized carbons (Fsp3) is 0.529. The van der Waals surface area contributed by atoms with Gasteiger partial charge in [0, 0.05) is 18.5 Å². The molecule has 0 unspecified atom stereocenters. The zero-order valence-electron chi connectivity index (χ0n) is 13.8. The van der Waals surface area contributed by atoms with Crippen LogP contribution in [0.4, 0.5) is 13.2 Å². The Morgan fingerprint density at radius 1 is 1.42 bits per heavy atom. The maximum absolute atomic E-state index is 13.0. The van der Waals surface area contributed by atoms with E-state index in [2.05, 4.69) is 0 Å². The van der Waals surface area contributed by atoms with Crippen LogP contribution in [0.2, 0.25) is 0 Å². The van der Waals surface area contributed by atoms with E-state index in [9.17, 15) is 18.0 Å². The van der Waals surface area contributed by atoms with Gasteiger partial charge in [-0.15, -0.1) is 0 Å². The molecule has 0 N–H and O–H groups in total. The highest BCUT2D eigenvalue weighted by Crippen LogP contribution is 2.37. The molecule has 4 nitrogen and oxygen atoms in total. The molecule has 0 radical (unpaired) electrons. The van der Waals surface area contributed by atoms with Crippen LogP contribution in [0.5, 0.6) is 5.75 Å². The zero-order valence-corrected chi connectivity index (χ0v) is 13.8. The molecule has 0 saturated carbocycles. The van der Waals surface area contributed by atoms with Gasteiger partial charge in [0.1, 0.15) is 5.75 Å². The van der Waals surface area contributed by atoms with Gasteiger partial charge in [0.25, 0.3) is 5.91 Å². The lowest BCUT2D eigenvalue weighted by atomic mass is 9.89. The van der Waals surface area contributed by atoms with Gasteiger partial charge in [-0.2, -0.15) is 18.4 Å². The molecule has 1 amide bonds. The summed E-state index contributed by atoms with van der Waals surface area (Å²) in [7, 11) is 0. The van der Waals surface area contributed by atoms with Crippen LogP contribution in [0.3, 0.4) is 0 Å². The summed E-state index contributed by atoms with van der Waals surface area (Å²) in [6.07, 6.45) is -4.71. The molecule has 7 heteroatoms. The Kier molecular flexibility index (Phi) is 4.79. The molecule has 0 bridgehead atoms. The molecule has 24 heavy (non-hydrogen) atoms. The molecule has 1 aliphatic heterocycles. The van der Waals surface area contributed by atoms with Crippen molar-refractivity contribution in [1.29, 1.82) is 5.26 Å². The van der Waals surface area contributed by atoms with Crippen LogP contribution >= 0.6 is 0 Å². The lowest BCUT2D eigenvalue weighted by Gasteiger charge is -2.24. The van der Waals surface area contributed by atoms with Gasteiger partial charge in [0.15, 0.2) is 6.10 Å². The summed E-state index contributed by atoms with van der Waals surface area (Å²) in [5.74, 6) is -0.286. The first-order valence-corrected chi connectivity index (χ1v) is 7.67. The van der Waals surface area contributed by atoms with Crippen LogP contribution in [0.1, 0.15) is 38.3 Å². The Hall–Kier alpha value is -2.23. The van der Waals surface area contributed by atoms with Crippen molar-refractivity contribution < 1.29 is 22.7 Å². The smallest absolute Gasteiger partial charge is 0.417 e. The van der Waals surface area contributed by atoms with Crippen molar-refractivity contribution >= 4 is 5.91 Å². The maximum atomic E-state index is 13.0. The van der Waals surface area contributed by atoms with E-state index in [-0.39, 0.29) is 11.7 Å². The van der Waals surface area contributed by atoms with Gasteiger partial charge < -0.3 is 9.64 Å². The molecule has 1 aromatic rings. The van der Waals surface area contributed by atoms with E-state index in [0.717, 1.165) is 18.6 Å². The molecule has 0 aromatic heterocycles. The van der Waals surface area contributed by atoms with Gasteiger partial charge >= 0.3 is 6.18 Å². The Labute approximate surface area is 138 Å². The summed E-state index contributed by atoms with van der Waals surface area (Å²) >= 11 is 0. The molecular formula is C17H19F3N2O2. The van der Waals surface area contributed by atoms with E-state index in [1.165, 1.54) is 12.1 Å². The van der Waals surface area contributed by atoms with E-state index in [4.69, 9.17) is 10.00 Å². The maximum Gasteiger partial charge on any atom is 0.417 e. The number of carbonyl (C=O) groups excluding carboxylic acids is 1. The summed E-state index contributed by atoms with van der Waals surface area (Å²) < 4.78 is 44.7. The molecule has 0 spiro atoms. The van der Waals surface area contributed by atoms with Crippen molar-refractivity contribution in [3.63, 3.8) is 0 Å². The predicted octanol–water partition coefficient (Wildman–Crippen LogP) is 3.60. The normalized spacial score (nSPS) is 20.1. The number of amides is 1. The van der Waals surface area contributed by atoms with Crippen molar-refractivity contribution in [1.82, 2.24) is 4.90 Å². The molecule has 1 fully saturated rings. The molecule has 1 atom stereocenters. The standard InChI is InChI=1S/C17H19F3N2O2/c1-4-7-22-10-16(2,3)14(15(22)23)24-12-6-5-11(9-21)13(8-12)17(18,19)20/h5-6,8,14H,4,7,10H2,1-3H3/t14-/m0/s1. The number of rotatable bonds is 4. The van der Waals surface area contributed by atoms with E-state index in [1.807, 2.05) is 20.8 Å². The number of benzene rings is 1. The number of hydrogen-bond donors (Lipinski definition) is 0. The predicted molar refractivity (Wildman–Crippen MR) is 81.2 cm³/mol. The number of hydrogen-bond acceptors (Lipinski definition) is 3. The minimum absolute atomic E-state index is 0.0638. The number of nitrogens with zero attached hydrogens (tertiary/aromatic N) is 2. The number of halogens is 3. The minimum Gasteiger partial charge on any atom is -0.480 e. The van der Waals surface area contributed by atoms with Gasteiger partial charge in [-0.3, -0.25) is 4.79 Å². The molecule has 1 aromatic carbocycles. The highest BCUT2D eigenvalue weighted by Gasteiger charge is 2.48. The SMILES string of the molecule is CCCN1CC(C)(C)[C@@H](Oc2ccc(C#N)c(C(F)(F)F)c2)C1=O. The first-order valence-electron chi connectivity index (χ1n) is 7.67. The lowest BCUT2D eigenvalue weighted by molar-refractivity contribution is -0.138. The fourth-order valence-corrected chi connectivity index (χ4v) is 2.89. The van der Waals surface area contributed by atoms with E-state index >= 15 is 0 Å². The van der Waals surface area contributed by atoms with E-state index in [0.29, 0.717) is 13.1 Å². The average molecular weight is 340 g/mol. The quantitative estimate of drug-likeness (QED) is 0.841. The highest BCUT2D eigenvalue weighted by molar-refractivity contribution is 5.84. The largest absolute Gasteiger partial charge is 0.480 e. The number of alkyl halides is 3. The van der Waals surface area contributed by atoms with Crippen molar-refractivity contribution in [3.8, 4) is 11.8 Å². The summed E-state index contributed by atoms with van der Waals surface area (Å²) in [5.41, 5.74) is -2.05. The monoisotopic (exact) mass is 340 g/mol. The molecular weight excluding hydrogens is 321 g/mol. The second-order valence-corrected chi connectivity index (χ2v) is 6.56. The third-order valence-electron chi connectivity index (χ3n) is 4.01. The van der Waals surface area contributed by atoms with Crippen molar-refractivity contribution in [3.05, 3.63) is 29.3 Å². The van der Waals surface area contributed by atoms with Crippen LogP contribution in [0, 0.1) is 16.7 Å². The molecule has 130 valence electrons. The molecule has 1 saturated heterocycles. The van der Waals surface area contributed by atoms with Crippen molar-refractivity contribution in [2.75, 3.05) is 13.1 Å². The van der Waals surface area contributed by atoms with Crippen LogP contribution in [-0.4, -0.2) is 30.0 Å². The van der Waals surface area contributed by atoms with Gasteiger partial charge in [-0.05, 0) is 24.6 Å². The number of nitriles is 1.